The van der Waals surface area contributed by atoms with Crippen molar-refractivity contribution in [2.75, 3.05) is 7.11 Å². The fourth-order valence-electron chi connectivity index (χ4n) is 2.02. The Morgan fingerprint density at radius 3 is 2.70 bits per heavy atom. The second-order valence-electron chi connectivity index (χ2n) is 4.56. The van der Waals surface area contributed by atoms with Gasteiger partial charge < -0.3 is 4.74 Å². The summed E-state index contributed by atoms with van der Waals surface area (Å²) < 4.78 is 18.8. The first kappa shape index (κ1) is 14.7. The van der Waals surface area contributed by atoms with Crippen molar-refractivity contribution in [2.24, 2.45) is 0 Å². The van der Waals surface area contributed by atoms with Crippen LogP contribution in [-0.4, -0.2) is 12.9 Å². The molecule has 0 radical (unpaired) electrons. The highest BCUT2D eigenvalue weighted by Crippen LogP contribution is 2.27. The SMILES string of the molecule is COc1cc(F)c(Br)cc1C(=O)Cc1cccc(C)c1. The number of hydrogen-bond acceptors (Lipinski definition) is 2. The van der Waals surface area contributed by atoms with E-state index in [0.717, 1.165) is 11.1 Å². The molecule has 0 aromatic heterocycles. The normalized spacial score (nSPS) is 10.4. The van der Waals surface area contributed by atoms with Crippen LogP contribution in [0.25, 0.3) is 0 Å². The summed E-state index contributed by atoms with van der Waals surface area (Å²) in [5.41, 5.74) is 2.40. The number of carbonyl (C=O) groups is 1. The summed E-state index contributed by atoms with van der Waals surface area (Å²) in [7, 11) is 1.42. The molecule has 104 valence electrons. The Bertz CT molecular complexity index is 653. The van der Waals surface area contributed by atoms with Crippen LogP contribution in [0.2, 0.25) is 0 Å². The molecule has 2 aromatic rings. The van der Waals surface area contributed by atoms with Gasteiger partial charge in [0.1, 0.15) is 11.6 Å². The van der Waals surface area contributed by atoms with Gasteiger partial charge in [0.25, 0.3) is 0 Å². The van der Waals surface area contributed by atoms with Crippen molar-refractivity contribution in [3.8, 4) is 5.75 Å². The van der Waals surface area contributed by atoms with E-state index in [1.165, 1.54) is 19.2 Å². The van der Waals surface area contributed by atoms with Crippen molar-refractivity contribution < 1.29 is 13.9 Å². The summed E-state index contributed by atoms with van der Waals surface area (Å²) >= 11 is 3.09. The van der Waals surface area contributed by atoms with Gasteiger partial charge in [-0.1, -0.05) is 29.8 Å². The van der Waals surface area contributed by atoms with Crippen molar-refractivity contribution in [1.29, 1.82) is 0 Å². The lowest BCUT2D eigenvalue weighted by molar-refractivity contribution is 0.0990. The van der Waals surface area contributed by atoms with Gasteiger partial charge in [-0.15, -0.1) is 0 Å². The smallest absolute Gasteiger partial charge is 0.170 e. The number of ether oxygens (including phenoxy) is 1. The fourth-order valence-corrected chi connectivity index (χ4v) is 2.36. The number of ketones is 1. The minimum absolute atomic E-state index is 0.104. The van der Waals surface area contributed by atoms with Gasteiger partial charge in [0, 0.05) is 12.5 Å². The van der Waals surface area contributed by atoms with E-state index in [1.807, 2.05) is 31.2 Å². The maximum absolute atomic E-state index is 13.5. The summed E-state index contributed by atoms with van der Waals surface area (Å²) in [6.07, 6.45) is 0.260. The maximum Gasteiger partial charge on any atom is 0.170 e. The van der Waals surface area contributed by atoms with Crippen LogP contribution in [0, 0.1) is 12.7 Å². The van der Waals surface area contributed by atoms with E-state index >= 15 is 0 Å². The highest BCUT2D eigenvalue weighted by Gasteiger charge is 2.16. The lowest BCUT2D eigenvalue weighted by Gasteiger charge is -2.09. The number of carbonyl (C=O) groups excluding carboxylic acids is 1. The Morgan fingerprint density at radius 2 is 2.05 bits per heavy atom. The third-order valence-corrected chi connectivity index (χ3v) is 3.60. The van der Waals surface area contributed by atoms with E-state index in [1.54, 1.807) is 0 Å². The molecule has 0 bridgehead atoms. The van der Waals surface area contributed by atoms with Crippen molar-refractivity contribution in [3.63, 3.8) is 0 Å². The molecule has 0 saturated carbocycles. The predicted molar refractivity (Wildman–Crippen MR) is 79.9 cm³/mol. The molecule has 0 unspecified atom stereocenters. The summed E-state index contributed by atoms with van der Waals surface area (Å²) in [4.78, 5) is 12.3. The number of benzene rings is 2. The number of aryl methyl sites for hydroxylation is 1. The zero-order valence-electron chi connectivity index (χ0n) is 11.2. The average molecular weight is 337 g/mol. The minimum Gasteiger partial charge on any atom is -0.496 e. The van der Waals surface area contributed by atoms with Gasteiger partial charge in [-0.25, -0.2) is 4.39 Å². The highest BCUT2D eigenvalue weighted by atomic mass is 79.9. The molecule has 0 saturated heterocycles. The second-order valence-corrected chi connectivity index (χ2v) is 5.41. The quantitative estimate of drug-likeness (QED) is 0.776. The van der Waals surface area contributed by atoms with E-state index in [2.05, 4.69) is 15.9 Å². The van der Waals surface area contributed by atoms with E-state index in [4.69, 9.17) is 4.74 Å². The van der Waals surface area contributed by atoms with Crippen molar-refractivity contribution >= 4 is 21.7 Å². The zero-order valence-corrected chi connectivity index (χ0v) is 12.8. The Labute approximate surface area is 125 Å². The zero-order chi connectivity index (χ0) is 14.7. The molecule has 2 nitrogen and oxygen atoms in total. The van der Waals surface area contributed by atoms with Crippen LogP contribution >= 0.6 is 15.9 Å². The number of methoxy groups -OCH3 is 1. The molecule has 2 aromatic carbocycles. The molecule has 0 amide bonds. The van der Waals surface area contributed by atoms with Gasteiger partial charge in [0.15, 0.2) is 5.78 Å². The van der Waals surface area contributed by atoms with Gasteiger partial charge in [-0.05, 0) is 34.5 Å². The molecule has 2 rings (SSSR count). The third-order valence-electron chi connectivity index (χ3n) is 2.99. The summed E-state index contributed by atoms with van der Waals surface area (Å²) in [5, 5.41) is 0. The first-order chi connectivity index (χ1) is 9.51. The predicted octanol–water partition coefficient (Wildman–Crippen LogP) is 4.33. The molecule has 0 aliphatic heterocycles. The Kier molecular flexibility index (Phi) is 4.55. The van der Waals surface area contributed by atoms with Gasteiger partial charge in [0.2, 0.25) is 0 Å². The van der Waals surface area contributed by atoms with Crippen LogP contribution < -0.4 is 4.74 Å². The molecule has 0 N–H and O–H groups in total. The number of hydrogen-bond donors (Lipinski definition) is 0. The van der Waals surface area contributed by atoms with Crippen LogP contribution in [0.3, 0.4) is 0 Å². The van der Waals surface area contributed by atoms with E-state index < -0.39 is 5.82 Å². The monoisotopic (exact) mass is 336 g/mol. The maximum atomic E-state index is 13.5. The molecule has 4 heteroatoms. The van der Waals surface area contributed by atoms with Gasteiger partial charge >= 0.3 is 0 Å². The second kappa shape index (κ2) is 6.18. The molecule has 0 aliphatic carbocycles. The van der Waals surface area contributed by atoms with Crippen LogP contribution in [0.4, 0.5) is 4.39 Å². The largest absolute Gasteiger partial charge is 0.496 e. The number of Topliss-reactive ketones (excluding diaryl/α,β-unsaturated/α-hetero) is 1. The lowest BCUT2D eigenvalue weighted by Crippen LogP contribution is -2.06. The summed E-state index contributed by atoms with van der Waals surface area (Å²) in [5.74, 6) is -0.301. The van der Waals surface area contributed by atoms with E-state index in [-0.39, 0.29) is 22.4 Å². The number of halogens is 2. The standard InChI is InChI=1S/C16H14BrFO2/c1-10-4-3-5-11(6-10)7-15(19)12-8-13(17)14(18)9-16(12)20-2/h3-6,8-9H,7H2,1-2H3. The van der Waals surface area contributed by atoms with Gasteiger partial charge in [0.05, 0.1) is 17.1 Å². The average Bonchev–Trinajstić information content (AvgIpc) is 2.41. The molecule has 0 fully saturated rings. The molecule has 0 spiro atoms. The summed E-state index contributed by atoms with van der Waals surface area (Å²) in [6, 6.07) is 10.4. The van der Waals surface area contributed by atoms with Crippen molar-refractivity contribution in [3.05, 3.63) is 63.4 Å². The van der Waals surface area contributed by atoms with Crippen molar-refractivity contribution in [1.82, 2.24) is 0 Å². The Balaban J connectivity index is 2.31. The minimum atomic E-state index is -0.450. The Hall–Kier alpha value is -1.68. The van der Waals surface area contributed by atoms with Crippen LogP contribution in [0.5, 0.6) is 5.75 Å². The van der Waals surface area contributed by atoms with E-state index in [0.29, 0.717) is 5.56 Å². The first-order valence-electron chi connectivity index (χ1n) is 6.13. The van der Waals surface area contributed by atoms with Gasteiger partial charge in [-0.2, -0.15) is 0 Å². The molecule has 0 aliphatic rings. The summed E-state index contributed by atoms with van der Waals surface area (Å²) in [6.45, 7) is 1.98. The topological polar surface area (TPSA) is 26.3 Å². The Morgan fingerprint density at radius 1 is 1.30 bits per heavy atom. The molecule has 0 atom stereocenters. The van der Waals surface area contributed by atoms with Gasteiger partial charge in [-0.3, -0.25) is 4.79 Å². The third kappa shape index (κ3) is 3.25. The molecular formula is C16H14BrFO2. The fraction of sp³-hybridized carbons (Fsp3) is 0.188. The molecule has 0 heterocycles. The molecule has 20 heavy (non-hydrogen) atoms. The van der Waals surface area contributed by atoms with Crippen LogP contribution in [-0.2, 0) is 6.42 Å². The van der Waals surface area contributed by atoms with E-state index in [9.17, 15) is 9.18 Å². The highest BCUT2D eigenvalue weighted by molar-refractivity contribution is 9.10. The van der Waals surface area contributed by atoms with Crippen LogP contribution in [0.15, 0.2) is 40.9 Å². The molecular weight excluding hydrogens is 323 g/mol. The lowest BCUT2D eigenvalue weighted by atomic mass is 10.0. The first-order valence-corrected chi connectivity index (χ1v) is 6.92. The number of rotatable bonds is 4. The van der Waals surface area contributed by atoms with Crippen molar-refractivity contribution in [2.45, 2.75) is 13.3 Å². The van der Waals surface area contributed by atoms with Crippen LogP contribution in [0.1, 0.15) is 21.5 Å².